The van der Waals surface area contributed by atoms with Gasteiger partial charge in [-0.3, -0.25) is 0 Å². The number of fused-ring (bicyclic) bond motifs is 1. The lowest BCUT2D eigenvalue weighted by atomic mass is 10.1. The van der Waals surface area contributed by atoms with Crippen LogP contribution in [0.2, 0.25) is 0 Å². The fourth-order valence-corrected chi connectivity index (χ4v) is 1.34. The Hall–Kier alpha value is -1.72. The summed E-state index contributed by atoms with van der Waals surface area (Å²) in [6, 6.07) is 0.539. The molecular formula is C10H2F6. The molecule has 0 nitrogen and oxygen atoms in total. The first kappa shape index (κ1) is 10.8. The summed E-state index contributed by atoms with van der Waals surface area (Å²) in [6.07, 6.45) is 0. The van der Waals surface area contributed by atoms with Gasteiger partial charge in [0.1, 0.15) is 0 Å². The monoisotopic (exact) mass is 236 g/mol. The predicted molar refractivity (Wildman–Crippen MR) is 43.7 cm³/mol. The lowest BCUT2D eigenvalue weighted by Crippen LogP contribution is -1.99. The maximum Gasteiger partial charge on any atom is 0.198 e. The largest absolute Gasteiger partial charge is 0.204 e. The number of rotatable bonds is 0. The number of hydrogen-bond donors (Lipinski definition) is 0. The lowest BCUT2D eigenvalue weighted by Gasteiger charge is -2.05. The molecule has 84 valence electrons. The van der Waals surface area contributed by atoms with Crippen LogP contribution in [0.1, 0.15) is 0 Å². The first-order chi connectivity index (χ1) is 7.43. The van der Waals surface area contributed by atoms with Crippen molar-refractivity contribution in [3.63, 3.8) is 0 Å². The Morgan fingerprint density at radius 2 is 0.812 bits per heavy atom. The molecule has 16 heavy (non-hydrogen) atoms. The van der Waals surface area contributed by atoms with Gasteiger partial charge in [0, 0.05) is 10.8 Å². The highest BCUT2D eigenvalue weighted by Crippen LogP contribution is 2.28. The maximum absolute atomic E-state index is 13.1. The molecule has 0 saturated carbocycles. The Morgan fingerprint density at radius 1 is 0.500 bits per heavy atom. The van der Waals surface area contributed by atoms with Gasteiger partial charge in [-0.1, -0.05) is 0 Å². The van der Waals surface area contributed by atoms with Crippen molar-refractivity contribution in [2.24, 2.45) is 0 Å². The van der Waals surface area contributed by atoms with Gasteiger partial charge in [0.15, 0.2) is 34.9 Å². The van der Waals surface area contributed by atoms with E-state index in [9.17, 15) is 26.3 Å². The van der Waals surface area contributed by atoms with Crippen LogP contribution in [0.15, 0.2) is 12.1 Å². The number of benzene rings is 2. The maximum atomic E-state index is 13.1. The molecule has 0 radical (unpaired) electrons. The van der Waals surface area contributed by atoms with E-state index in [-0.39, 0.29) is 12.1 Å². The van der Waals surface area contributed by atoms with Gasteiger partial charge in [-0.15, -0.1) is 0 Å². The van der Waals surface area contributed by atoms with Gasteiger partial charge in [0.05, 0.1) is 0 Å². The Morgan fingerprint density at radius 3 is 1.12 bits per heavy atom. The van der Waals surface area contributed by atoms with E-state index in [0.717, 1.165) is 0 Å². The molecule has 0 amide bonds. The minimum atomic E-state index is -2.06. The highest BCUT2D eigenvalue weighted by Gasteiger charge is 2.21. The molecule has 0 aromatic heterocycles. The molecule has 0 bridgehead atoms. The van der Waals surface area contributed by atoms with E-state index in [1.807, 2.05) is 0 Å². The Balaban J connectivity index is 3.02. The van der Waals surface area contributed by atoms with Crippen LogP contribution in [-0.4, -0.2) is 0 Å². The van der Waals surface area contributed by atoms with E-state index in [1.165, 1.54) is 0 Å². The van der Waals surface area contributed by atoms with Gasteiger partial charge in [0.2, 0.25) is 0 Å². The van der Waals surface area contributed by atoms with Gasteiger partial charge in [-0.25, -0.2) is 26.3 Å². The normalized spacial score (nSPS) is 11.1. The third-order valence-electron chi connectivity index (χ3n) is 2.11. The molecule has 6 heteroatoms. The van der Waals surface area contributed by atoms with Crippen LogP contribution in [0.4, 0.5) is 26.3 Å². The van der Waals surface area contributed by atoms with Crippen LogP contribution in [-0.2, 0) is 0 Å². The average Bonchev–Trinajstić information content (AvgIpc) is 2.26. The van der Waals surface area contributed by atoms with Gasteiger partial charge in [-0.05, 0) is 12.1 Å². The molecule has 0 aliphatic heterocycles. The number of halogens is 6. The minimum Gasteiger partial charge on any atom is -0.204 e. The summed E-state index contributed by atoms with van der Waals surface area (Å²) in [4.78, 5) is 0. The van der Waals surface area contributed by atoms with E-state index in [4.69, 9.17) is 0 Å². The molecule has 0 fully saturated rings. The molecule has 0 spiro atoms. The number of hydrogen-bond acceptors (Lipinski definition) is 0. The van der Waals surface area contributed by atoms with Crippen LogP contribution < -0.4 is 0 Å². The third kappa shape index (κ3) is 1.33. The Bertz CT molecular complexity index is 537. The minimum absolute atomic E-state index is 0.269. The second-order valence-electron chi connectivity index (χ2n) is 3.07. The van der Waals surface area contributed by atoms with Crippen molar-refractivity contribution in [2.45, 2.75) is 0 Å². The second kappa shape index (κ2) is 3.40. The first-order valence-corrected chi connectivity index (χ1v) is 4.04. The average molecular weight is 236 g/mol. The standard InChI is InChI=1S/C10H2F6/c11-5-1-3-4(2-6(5)12)8(14)10(16)9(15)7(3)13/h1-2H. The SMILES string of the molecule is Fc1cc2c(F)c(F)c(F)c(F)c2cc1F. The molecule has 0 aliphatic rings. The molecule has 2 aromatic rings. The van der Waals surface area contributed by atoms with Crippen LogP contribution in [0, 0.1) is 34.9 Å². The van der Waals surface area contributed by atoms with Crippen LogP contribution in [0.5, 0.6) is 0 Å². The molecule has 2 rings (SSSR count). The zero-order chi connectivity index (χ0) is 12.0. The molecule has 0 saturated heterocycles. The third-order valence-corrected chi connectivity index (χ3v) is 2.11. The van der Waals surface area contributed by atoms with Crippen molar-refractivity contribution in [3.8, 4) is 0 Å². The molecule has 0 heterocycles. The van der Waals surface area contributed by atoms with Crippen molar-refractivity contribution in [2.75, 3.05) is 0 Å². The first-order valence-electron chi connectivity index (χ1n) is 4.04. The summed E-state index contributed by atoms with van der Waals surface area (Å²) in [5, 5.41) is -1.70. The van der Waals surface area contributed by atoms with E-state index < -0.39 is 45.7 Å². The summed E-state index contributed by atoms with van der Waals surface area (Å²) in [5.41, 5.74) is 0. The fraction of sp³-hybridized carbons (Fsp3) is 0. The van der Waals surface area contributed by atoms with Crippen LogP contribution in [0.3, 0.4) is 0 Å². The quantitative estimate of drug-likeness (QED) is 0.372. The summed E-state index contributed by atoms with van der Waals surface area (Å²) in [5.74, 6) is -10.6. The molecule has 0 unspecified atom stereocenters. The van der Waals surface area contributed by atoms with E-state index >= 15 is 0 Å². The van der Waals surface area contributed by atoms with Crippen molar-refractivity contribution >= 4 is 10.8 Å². The fourth-order valence-electron chi connectivity index (χ4n) is 1.34. The van der Waals surface area contributed by atoms with Gasteiger partial charge in [0.25, 0.3) is 0 Å². The molecule has 0 N–H and O–H groups in total. The van der Waals surface area contributed by atoms with Crippen LogP contribution in [0.25, 0.3) is 10.8 Å². The summed E-state index contributed by atoms with van der Waals surface area (Å²) in [7, 11) is 0. The van der Waals surface area contributed by atoms with Gasteiger partial charge < -0.3 is 0 Å². The highest BCUT2D eigenvalue weighted by atomic mass is 19.2. The highest BCUT2D eigenvalue weighted by molar-refractivity contribution is 5.84. The van der Waals surface area contributed by atoms with E-state index in [0.29, 0.717) is 0 Å². The predicted octanol–water partition coefficient (Wildman–Crippen LogP) is 3.67. The smallest absolute Gasteiger partial charge is 0.198 e. The molecule has 0 aliphatic carbocycles. The lowest BCUT2D eigenvalue weighted by molar-refractivity contribution is 0.417. The van der Waals surface area contributed by atoms with Crippen molar-refractivity contribution < 1.29 is 26.3 Å². The molecule has 2 aromatic carbocycles. The molecular weight excluding hydrogens is 234 g/mol. The molecule has 0 atom stereocenters. The van der Waals surface area contributed by atoms with Crippen molar-refractivity contribution in [1.29, 1.82) is 0 Å². The summed E-state index contributed by atoms with van der Waals surface area (Å²) in [6.45, 7) is 0. The Labute approximate surface area is 85.1 Å². The topological polar surface area (TPSA) is 0 Å². The van der Waals surface area contributed by atoms with Crippen molar-refractivity contribution in [3.05, 3.63) is 47.0 Å². The van der Waals surface area contributed by atoms with Gasteiger partial charge in [-0.2, -0.15) is 0 Å². The van der Waals surface area contributed by atoms with Crippen molar-refractivity contribution in [1.82, 2.24) is 0 Å². The van der Waals surface area contributed by atoms with Crippen LogP contribution >= 0.6 is 0 Å². The Kier molecular flexibility index (Phi) is 2.29. The van der Waals surface area contributed by atoms with E-state index in [1.54, 1.807) is 0 Å². The van der Waals surface area contributed by atoms with Gasteiger partial charge >= 0.3 is 0 Å². The summed E-state index contributed by atoms with van der Waals surface area (Å²) < 4.78 is 77.1. The zero-order valence-electron chi connectivity index (χ0n) is 7.42. The second-order valence-corrected chi connectivity index (χ2v) is 3.07. The zero-order valence-corrected chi connectivity index (χ0v) is 7.42. The summed E-state index contributed by atoms with van der Waals surface area (Å²) >= 11 is 0. The van der Waals surface area contributed by atoms with E-state index in [2.05, 4.69) is 0 Å².